The minimum Gasteiger partial charge on any atom is -0.496 e. The Kier molecular flexibility index (Phi) is 4.79. The third-order valence-corrected chi connectivity index (χ3v) is 3.72. The highest BCUT2D eigenvalue weighted by atomic mass is 16.6. The van der Waals surface area contributed by atoms with E-state index in [1.54, 1.807) is 19.2 Å². The summed E-state index contributed by atoms with van der Waals surface area (Å²) in [6.07, 6.45) is 4.24. The molecule has 1 N–H and O–H groups in total. The fourth-order valence-electron chi connectivity index (χ4n) is 2.62. The molecule has 110 valence electrons. The lowest BCUT2D eigenvalue weighted by Crippen LogP contribution is -2.31. The molecule has 0 amide bonds. The molecular formula is C14H20N2O4. The van der Waals surface area contributed by atoms with E-state index in [2.05, 4.69) is 5.32 Å². The first-order valence-electron chi connectivity index (χ1n) is 6.75. The number of methoxy groups -OCH3 is 2. The number of nitrogens with one attached hydrogen (secondary N) is 1. The van der Waals surface area contributed by atoms with Crippen LogP contribution in [-0.4, -0.2) is 31.3 Å². The standard InChI is InChI=1S/C14H20N2O4/c1-19-11-5-3-4-10(8-11)15-13-7-6-12(20-2)9-14(13)16(17)18/h6-7,9-11,15H,3-5,8H2,1-2H3. The van der Waals surface area contributed by atoms with Crippen LogP contribution in [0.5, 0.6) is 5.75 Å². The SMILES string of the molecule is COc1ccc(NC2CCCC(OC)C2)c([N+](=O)[O-])c1. The Labute approximate surface area is 118 Å². The summed E-state index contributed by atoms with van der Waals surface area (Å²) < 4.78 is 10.4. The molecule has 0 aromatic heterocycles. The van der Waals surface area contributed by atoms with Crippen LogP contribution in [0.4, 0.5) is 11.4 Å². The second-order valence-corrected chi connectivity index (χ2v) is 5.01. The van der Waals surface area contributed by atoms with Crippen molar-refractivity contribution in [2.24, 2.45) is 0 Å². The van der Waals surface area contributed by atoms with Crippen molar-refractivity contribution >= 4 is 11.4 Å². The Morgan fingerprint density at radius 2 is 2.15 bits per heavy atom. The Morgan fingerprint density at radius 3 is 2.80 bits per heavy atom. The maximum Gasteiger partial charge on any atom is 0.296 e. The van der Waals surface area contributed by atoms with Crippen LogP contribution in [0.2, 0.25) is 0 Å². The van der Waals surface area contributed by atoms with Crippen molar-refractivity contribution in [2.45, 2.75) is 37.8 Å². The van der Waals surface area contributed by atoms with Gasteiger partial charge >= 0.3 is 0 Å². The molecule has 2 atom stereocenters. The van der Waals surface area contributed by atoms with Gasteiger partial charge in [0.2, 0.25) is 0 Å². The van der Waals surface area contributed by atoms with Crippen molar-refractivity contribution in [1.29, 1.82) is 0 Å². The van der Waals surface area contributed by atoms with Crippen molar-refractivity contribution in [3.63, 3.8) is 0 Å². The van der Waals surface area contributed by atoms with Gasteiger partial charge in [-0.2, -0.15) is 0 Å². The van der Waals surface area contributed by atoms with Crippen molar-refractivity contribution in [1.82, 2.24) is 0 Å². The van der Waals surface area contributed by atoms with Crippen molar-refractivity contribution in [2.75, 3.05) is 19.5 Å². The Hall–Kier alpha value is -1.82. The number of nitro groups is 1. The summed E-state index contributed by atoms with van der Waals surface area (Å²) in [5, 5.41) is 14.4. The lowest BCUT2D eigenvalue weighted by atomic mass is 9.92. The first-order chi connectivity index (χ1) is 9.63. The lowest BCUT2D eigenvalue weighted by molar-refractivity contribution is -0.384. The number of ether oxygens (including phenoxy) is 2. The topological polar surface area (TPSA) is 73.6 Å². The Balaban J connectivity index is 2.14. The van der Waals surface area contributed by atoms with Gasteiger partial charge in [-0.05, 0) is 37.8 Å². The van der Waals surface area contributed by atoms with E-state index >= 15 is 0 Å². The van der Waals surface area contributed by atoms with Crippen LogP contribution in [0.1, 0.15) is 25.7 Å². The number of hydrogen-bond donors (Lipinski definition) is 1. The normalized spacial score (nSPS) is 22.3. The van der Waals surface area contributed by atoms with E-state index in [0.717, 1.165) is 25.7 Å². The molecule has 1 aliphatic rings. The van der Waals surface area contributed by atoms with Crippen molar-refractivity contribution < 1.29 is 14.4 Å². The first kappa shape index (κ1) is 14.6. The van der Waals surface area contributed by atoms with Gasteiger partial charge in [0.15, 0.2) is 0 Å². The molecule has 2 unspecified atom stereocenters. The van der Waals surface area contributed by atoms with Gasteiger partial charge in [0.05, 0.1) is 24.2 Å². The van der Waals surface area contributed by atoms with Crippen LogP contribution < -0.4 is 10.1 Å². The highest BCUT2D eigenvalue weighted by Crippen LogP contribution is 2.32. The fourth-order valence-corrected chi connectivity index (χ4v) is 2.62. The zero-order valence-corrected chi connectivity index (χ0v) is 11.8. The largest absolute Gasteiger partial charge is 0.496 e. The molecule has 2 rings (SSSR count). The molecule has 1 aromatic carbocycles. The number of rotatable bonds is 5. The Morgan fingerprint density at radius 1 is 1.35 bits per heavy atom. The fraction of sp³-hybridized carbons (Fsp3) is 0.571. The molecular weight excluding hydrogens is 260 g/mol. The zero-order valence-electron chi connectivity index (χ0n) is 11.8. The smallest absolute Gasteiger partial charge is 0.296 e. The summed E-state index contributed by atoms with van der Waals surface area (Å²) in [4.78, 5) is 10.7. The molecule has 1 fully saturated rings. The summed E-state index contributed by atoms with van der Waals surface area (Å²) in [7, 11) is 3.21. The number of anilines is 1. The summed E-state index contributed by atoms with van der Waals surface area (Å²) in [5.74, 6) is 0.487. The number of hydrogen-bond acceptors (Lipinski definition) is 5. The average molecular weight is 280 g/mol. The van der Waals surface area contributed by atoms with Gasteiger partial charge in [0.25, 0.3) is 5.69 Å². The summed E-state index contributed by atoms with van der Waals surface area (Å²) >= 11 is 0. The van der Waals surface area contributed by atoms with Crippen molar-refractivity contribution in [3.05, 3.63) is 28.3 Å². The van der Waals surface area contributed by atoms with Crippen LogP contribution in [0.25, 0.3) is 0 Å². The van der Waals surface area contributed by atoms with Gasteiger partial charge in [-0.25, -0.2) is 0 Å². The van der Waals surface area contributed by atoms with Gasteiger partial charge in [0.1, 0.15) is 11.4 Å². The molecule has 6 nitrogen and oxygen atoms in total. The minimum atomic E-state index is -0.387. The second kappa shape index (κ2) is 6.56. The van der Waals surface area contributed by atoms with Crippen LogP contribution >= 0.6 is 0 Å². The number of benzene rings is 1. The molecule has 0 bridgehead atoms. The highest BCUT2D eigenvalue weighted by molar-refractivity contribution is 5.64. The molecule has 1 aliphatic carbocycles. The average Bonchev–Trinajstić information content (AvgIpc) is 2.47. The minimum absolute atomic E-state index is 0.0453. The van der Waals surface area contributed by atoms with Gasteiger partial charge in [-0.1, -0.05) is 0 Å². The Bertz CT molecular complexity index is 478. The van der Waals surface area contributed by atoms with Crippen LogP contribution in [0.3, 0.4) is 0 Å². The molecule has 0 heterocycles. The molecule has 0 radical (unpaired) electrons. The van der Waals surface area contributed by atoms with E-state index in [0.29, 0.717) is 11.4 Å². The monoisotopic (exact) mass is 280 g/mol. The second-order valence-electron chi connectivity index (χ2n) is 5.01. The number of nitro benzene ring substituents is 1. The van der Waals surface area contributed by atoms with E-state index in [9.17, 15) is 10.1 Å². The summed E-state index contributed by atoms with van der Waals surface area (Å²) in [5.41, 5.74) is 0.585. The molecule has 0 saturated heterocycles. The molecule has 6 heteroatoms. The van der Waals surface area contributed by atoms with Crippen molar-refractivity contribution in [3.8, 4) is 5.75 Å². The predicted molar refractivity (Wildman–Crippen MR) is 76.3 cm³/mol. The first-order valence-corrected chi connectivity index (χ1v) is 6.75. The molecule has 0 aliphatic heterocycles. The summed E-state index contributed by atoms with van der Waals surface area (Å²) in [6, 6.07) is 5.08. The highest BCUT2D eigenvalue weighted by Gasteiger charge is 2.24. The molecule has 0 spiro atoms. The third-order valence-electron chi connectivity index (χ3n) is 3.72. The summed E-state index contributed by atoms with van der Waals surface area (Å²) in [6.45, 7) is 0. The quantitative estimate of drug-likeness (QED) is 0.663. The maximum absolute atomic E-state index is 11.1. The number of nitrogens with zero attached hydrogens (tertiary/aromatic N) is 1. The van der Waals surface area contributed by atoms with Gasteiger partial charge in [-0.15, -0.1) is 0 Å². The lowest BCUT2D eigenvalue weighted by Gasteiger charge is -2.29. The van der Waals surface area contributed by atoms with E-state index in [-0.39, 0.29) is 22.8 Å². The van der Waals surface area contributed by atoms with E-state index in [4.69, 9.17) is 9.47 Å². The van der Waals surface area contributed by atoms with E-state index in [1.807, 2.05) is 0 Å². The van der Waals surface area contributed by atoms with E-state index < -0.39 is 0 Å². The molecule has 1 aromatic rings. The molecule has 20 heavy (non-hydrogen) atoms. The maximum atomic E-state index is 11.1. The van der Waals surface area contributed by atoms with Crippen LogP contribution in [0.15, 0.2) is 18.2 Å². The zero-order chi connectivity index (χ0) is 14.5. The van der Waals surface area contributed by atoms with Gasteiger partial charge in [0, 0.05) is 13.2 Å². The van der Waals surface area contributed by atoms with Gasteiger partial charge in [-0.3, -0.25) is 10.1 Å². The van der Waals surface area contributed by atoms with Crippen LogP contribution in [-0.2, 0) is 4.74 Å². The van der Waals surface area contributed by atoms with Gasteiger partial charge < -0.3 is 14.8 Å². The van der Waals surface area contributed by atoms with E-state index in [1.165, 1.54) is 13.2 Å². The predicted octanol–water partition coefficient (Wildman–Crippen LogP) is 2.97. The third kappa shape index (κ3) is 3.39. The van der Waals surface area contributed by atoms with Crippen LogP contribution in [0, 0.1) is 10.1 Å². The molecule has 1 saturated carbocycles.